The van der Waals surface area contributed by atoms with Crippen LogP contribution in [0.3, 0.4) is 0 Å². The molecule has 25 heavy (non-hydrogen) atoms. The minimum atomic E-state index is -0.0763. The van der Waals surface area contributed by atoms with Crippen LogP contribution in [0.15, 0.2) is 4.99 Å². The number of nitrogens with one attached hydrogen (secondary N) is 1. The van der Waals surface area contributed by atoms with Crippen molar-refractivity contribution in [2.75, 3.05) is 47.9 Å². The highest BCUT2D eigenvalue weighted by molar-refractivity contribution is 5.80. The minimum absolute atomic E-state index is 0.0381. The summed E-state index contributed by atoms with van der Waals surface area (Å²) in [5, 5.41) is 3.59. The van der Waals surface area contributed by atoms with Crippen LogP contribution < -0.4 is 5.32 Å². The van der Waals surface area contributed by atoms with Crippen molar-refractivity contribution in [1.29, 1.82) is 0 Å². The zero-order valence-corrected chi connectivity index (χ0v) is 16.5. The normalized spacial score (nSPS) is 22.1. The first-order chi connectivity index (χ1) is 12.1. The maximum Gasteiger partial charge on any atom is 0.308 e. The monoisotopic (exact) mass is 352 g/mol. The summed E-state index contributed by atoms with van der Waals surface area (Å²) in [4.78, 5) is 20.8. The predicted molar refractivity (Wildman–Crippen MR) is 102 cm³/mol. The average molecular weight is 353 g/mol. The molecule has 1 saturated heterocycles. The molecule has 0 aromatic carbocycles. The summed E-state index contributed by atoms with van der Waals surface area (Å²) >= 11 is 0. The van der Waals surface area contributed by atoms with E-state index in [0.29, 0.717) is 6.04 Å². The Morgan fingerprint density at radius 2 is 1.84 bits per heavy atom. The number of piperidine rings is 1. The Hall–Kier alpha value is -1.30. The molecule has 1 aliphatic heterocycles. The van der Waals surface area contributed by atoms with Gasteiger partial charge in [-0.2, -0.15) is 0 Å². The Kier molecular flexibility index (Phi) is 8.00. The number of hydrogen-bond acceptors (Lipinski definition) is 4. The highest BCUT2D eigenvalue weighted by Crippen LogP contribution is 2.28. The van der Waals surface area contributed by atoms with E-state index in [-0.39, 0.29) is 11.9 Å². The molecular formula is C19H36N4O2. The number of hydrogen-bond donors (Lipinski definition) is 1. The number of carbonyl (C=O) groups is 1. The van der Waals surface area contributed by atoms with E-state index in [4.69, 9.17) is 4.74 Å². The summed E-state index contributed by atoms with van der Waals surface area (Å²) in [6.45, 7) is 2.65. The lowest BCUT2D eigenvalue weighted by atomic mass is 9.83. The molecule has 1 N–H and O–H groups in total. The summed E-state index contributed by atoms with van der Waals surface area (Å²) in [5.74, 6) is 1.70. The van der Waals surface area contributed by atoms with Crippen molar-refractivity contribution in [3.05, 3.63) is 0 Å². The summed E-state index contributed by atoms with van der Waals surface area (Å²) in [7, 11) is 7.69. The van der Waals surface area contributed by atoms with Crippen molar-refractivity contribution in [3.8, 4) is 0 Å². The number of likely N-dealkylation sites (N-methyl/N-ethyl adjacent to an activating group) is 1. The molecule has 144 valence electrons. The Morgan fingerprint density at radius 3 is 2.36 bits per heavy atom. The molecule has 0 aromatic heterocycles. The quantitative estimate of drug-likeness (QED) is 0.466. The smallest absolute Gasteiger partial charge is 0.308 e. The lowest BCUT2D eigenvalue weighted by Crippen LogP contribution is -2.51. The first kappa shape index (κ1) is 20.0. The fourth-order valence-corrected chi connectivity index (χ4v) is 4.31. The van der Waals surface area contributed by atoms with Gasteiger partial charge < -0.3 is 19.9 Å². The van der Waals surface area contributed by atoms with E-state index in [0.717, 1.165) is 44.4 Å². The summed E-state index contributed by atoms with van der Waals surface area (Å²) in [6, 6.07) is 0.546. The number of esters is 1. The first-order valence-corrected chi connectivity index (χ1v) is 9.76. The third kappa shape index (κ3) is 5.59. The standard InChI is InChI=1S/C19H36N4O2/c1-20-19(23-12-10-16(11-13-23)18(24)25-4)21-14-17(22(2)3)15-8-6-5-7-9-15/h15-17H,5-14H2,1-4H3,(H,20,21). The third-order valence-corrected chi connectivity index (χ3v) is 5.87. The molecule has 2 fully saturated rings. The summed E-state index contributed by atoms with van der Waals surface area (Å²) in [6.07, 6.45) is 8.48. The van der Waals surface area contributed by atoms with Gasteiger partial charge in [-0.1, -0.05) is 19.3 Å². The van der Waals surface area contributed by atoms with Crippen LogP contribution in [0.1, 0.15) is 44.9 Å². The lowest BCUT2D eigenvalue weighted by molar-refractivity contribution is -0.146. The van der Waals surface area contributed by atoms with E-state index in [2.05, 4.69) is 34.2 Å². The average Bonchev–Trinajstić information content (AvgIpc) is 2.65. The Morgan fingerprint density at radius 1 is 1.20 bits per heavy atom. The zero-order chi connectivity index (χ0) is 18.2. The van der Waals surface area contributed by atoms with Crippen LogP contribution in [0, 0.1) is 11.8 Å². The van der Waals surface area contributed by atoms with Crippen LogP contribution in [0.4, 0.5) is 0 Å². The fraction of sp³-hybridized carbons (Fsp3) is 0.895. The van der Waals surface area contributed by atoms with Crippen molar-refractivity contribution in [2.24, 2.45) is 16.8 Å². The molecule has 0 aromatic rings. The number of likely N-dealkylation sites (tertiary alicyclic amines) is 1. The highest BCUT2D eigenvalue weighted by Gasteiger charge is 2.29. The number of ether oxygens (including phenoxy) is 1. The van der Waals surface area contributed by atoms with E-state index in [9.17, 15) is 4.79 Å². The molecule has 0 bridgehead atoms. The van der Waals surface area contributed by atoms with Gasteiger partial charge in [-0.15, -0.1) is 0 Å². The number of aliphatic imine (C=N–C) groups is 1. The van der Waals surface area contributed by atoms with Gasteiger partial charge in [0.05, 0.1) is 13.0 Å². The first-order valence-electron chi connectivity index (χ1n) is 9.76. The molecule has 1 heterocycles. The Bertz CT molecular complexity index is 439. The number of guanidine groups is 1. The second-order valence-corrected chi connectivity index (χ2v) is 7.64. The Labute approximate surface area is 153 Å². The number of nitrogens with zero attached hydrogens (tertiary/aromatic N) is 3. The van der Waals surface area contributed by atoms with Crippen LogP contribution in [0.2, 0.25) is 0 Å². The molecule has 1 aliphatic carbocycles. The Balaban J connectivity index is 1.85. The molecule has 2 rings (SSSR count). The second kappa shape index (κ2) is 10.00. The van der Waals surface area contributed by atoms with Gasteiger partial charge >= 0.3 is 5.97 Å². The maximum atomic E-state index is 11.7. The van der Waals surface area contributed by atoms with Crippen molar-refractivity contribution in [3.63, 3.8) is 0 Å². The molecule has 0 amide bonds. The predicted octanol–water partition coefficient (Wildman–Crippen LogP) is 1.96. The molecular weight excluding hydrogens is 316 g/mol. The SMILES string of the molecule is CN=C(NCC(C1CCCCC1)N(C)C)N1CCC(C(=O)OC)CC1. The molecule has 2 aliphatic rings. The van der Waals surface area contributed by atoms with E-state index >= 15 is 0 Å². The molecule has 6 heteroatoms. The summed E-state index contributed by atoms with van der Waals surface area (Å²) < 4.78 is 4.88. The molecule has 1 saturated carbocycles. The zero-order valence-electron chi connectivity index (χ0n) is 16.5. The van der Waals surface area contributed by atoms with Gasteiger partial charge in [0, 0.05) is 32.7 Å². The molecule has 6 nitrogen and oxygen atoms in total. The van der Waals surface area contributed by atoms with Crippen molar-refractivity contribution >= 4 is 11.9 Å². The van der Waals surface area contributed by atoms with Gasteiger partial charge in [-0.05, 0) is 45.7 Å². The number of carbonyl (C=O) groups excluding carboxylic acids is 1. The topological polar surface area (TPSA) is 57.2 Å². The van der Waals surface area contributed by atoms with Crippen LogP contribution in [0.25, 0.3) is 0 Å². The number of methoxy groups -OCH3 is 1. The van der Waals surface area contributed by atoms with E-state index in [1.807, 2.05) is 7.05 Å². The van der Waals surface area contributed by atoms with E-state index in [1.54, 1.807) is 0 Å². The van der Waals surface area contributed by atoms with Gasteiger partial charge in [-0.25, -0.2) is 0 Å². The van der Waals surface area contributed by atoms with Gasteiger partial charge in [0.2, 0.25) is 0 Å². The van der Waals surface area contributed by atoms with Crippen LogP contribution >= 0.6 is 0 Å². The van der Waals surface area contributed by atoms with Crippen molar-refractivity contribution in [2.45, 2.75) is 51.0 Å². The minimum Gasteiger partial charge on any atom is -0.469 e. The third-order valence-electron chi connectivity index (χ3n) is 5.87. The van der Waals surface area contributed by atoms with Gasteiger partial charge in [-0.3, -0.25) is 9.79 Å². The van der Waals surface area contributed by atoms with Crippen LogP contribution in [-0.2, 0) is 9.53 Å². The summed E-state index contributed by atoms with van der Waals surface area (Å²) in [5.41, 5.74) is 0. The maximum absolute atomic E-state index is 11.7. The van der Waals surface area contributed by atoms with Crippen LogP contribution in [0.5, 0.6) is 0 Å². The largest absolute Gasteiger partial charge is 0.469 e. The van der Waals surface area contributed by atoms with Crippen molar-refractivity contribution < 1.29 is 9.53 Å². The molecule has 1 unspecified atom stereocenters. The van der Waals surface area contributed by atoms with E-state index < -0.39 is 0 Å². The fourth-order valence-electron chi connectivity index (χ4n) is 4.31. The van der Waals surface area contributed by atoms with Gasteiger partial charge in [0.15, 0.2) is 5.96 Å². The van der Waals surface area contributed by atoms with Crippen LogP contribution in [-0.4, -0.2) is 75.7 Å². The molecule has 1 atom stereocenters. The second-order valence-electron chi connectivity index (χ2n) is 7.64. The molecule has 0 spiro atoms. The van der Waals surface area contributed by atoms with E-state index in [1.165, 1.54) is 39.2 Å². The highest BCUT2D eigenvalue weighted by atomic mass is 16.5. The van der Waals surface area contributed by atoms with Gasteiger partial charge in [0.25, 0.3) is 0 Å². The number of rotatable bonds is 5. The van der Waals surface area contributed by atoms with Crippen molar-refractivity contribution in [1.82, 2.24) is 15.1 Å². The lowest BCUT2D eigenvalue weighted by Gasteiger charge is -2.37. The van der Waals surface area contributed by atoms with Gasteiger partial charge in [0.1, 0.15) is 0 Å². The molecule has 0 radical (unpaired) electrons.